The van der Waals surface area contributed by atoms with Gasteiger partial charge in [0.15, 0.2) is 5.13 Å². The van der Waals surface area contributed by atoms with Crippen molar-refractivity contribution in [1.82, 2.24) is 20.1 Å². The minimum Gasteiger partial charge on any atom is -0.390 e. The van der Waals surface area contributed by atoms with E-state index in [0.29, 0.717) is 68.4 Å². The Hall–Kier alpha value is -2.28. The standard InChI is InChI=1S/C34H57N5O6S/c1-23(2)16-29(40)32(43)28(17-24-8-4-3-5-9-24)37-33(44)26(18-27-22-46-34(35)36-27)19-30(41)39(20-25-10-6-7-11-25)21-31(42)38-12-14-45-15-13-38/h22-26,28-29,32,40,43H,3-21H2,1-2H3,(H2,35,36)(H,37,44)/t26-,28+,29+,32-/m1/s1. The van der Waals surface area contributed by atoms with Crippen molar-refractivity contribution in [3.05, 3.63) is 11.1 Å². The lowest BCUT2D eigenvalue weighted by Crippen LogP contribution is -2.52. The Kier molecular flexibility index (Phi) is 14.6. The van der Waals surface area contributed by atoms with E-state index in [-0.39, 0.29) is 43.0 Å². The quantitative estimate of drug-likeness (QED) is 0.210. The highest BCUT2D eigenvalue weighted by molar-refractivity contribution is 7.13. The number of amides is 3. The van der Waals surface area contributed by atoms with Gasteiger partial charge in [0.05, 0.1) is 43.5 Å². The average Bonchev–Trinajstić information content (AvgIpc) is 3.71. The van der Waals surface area contributed by atoms with Crippen molar-refractivity contribution in [3.63, 3.8) is 0 Å². The molecule has 4 rings (SSSR count). The van der Waals surface area contributed by atoms with Gasteiger partial charge in [-0.05, 0) is 43.4 Å². The molecule has 12 heteroatoms. The minimum atomic E-state index is -1.12. The molecule has 1 aromatic heterocycles. The van der Waals surface area contributed by atoms with E-state index in [1.807, 2.05) is 13.8 Å². The van der Waals surface area contributed by atoms with Crippen LogP contribution in [0.5, 0.6) is 0 Å². The summed E-state index contributed by atoms with van der Waals surface area (Å²) in [5.41, 5.74) is 6.55. The number of hydrogen-bond acceptors (Lipinski definition) is 9. The number of carbonyl (C=O) groups is 3. The largest absolute Gasteiger partial charge is 0.390 e. The van der Waals surface area contributed by atoms with E-state index < -0.39 is 24.2 Å². The third kappa shape index (κ3) is 11.5. The number of aliphatic hydroxyl groups excluding tert-OH is 2. The zero-order valence-corrected chi connectivity index (χ0v) is 28.7. The third-order valence-electron chi connectivity index (χ3n) is 9.97. The lowest BCUT2D eigenvalue weighted by Gasteiger charge is -2.34. The van der Waals surface area contributed by atoms with Gasteiger partial charge in [-0.2, -0.15) is 0 Å². The van der Waals surface area contributed by atoms with E-state index in [1.54, 1.807) is 15.2 Å². The van der Waals surface area contributed by atoms with Crippen LogP contribution in [0.3, 0.4) is 0 Å². The highest BCUT2D eigenvalue weighted by atomic mass is 32.1. The maximum absolute atomic E-state index is 14.1. The van der Waals surface area contributed by atoms with Gasteiger partial charge in [0, 0.05) is 37.9 Å². The maximum Gasteiger partial charge on any atom is 0.242 e. The number of hydrogen-bond donors (Lipinski definition) is 4. The molecule has 5 N–H and O–H groups in total. The predicted octanol–water partition coefficient (Wildman–Crippen LogP) is 3.37. The SMILES string of the molecule is CC(C)C[C@H](O)[C@H](O)[C@H](CC1CCCCC1)NC(=O)[C@@H](CC(=O)N(CC(=O)N1CCOCC1)CC1CCCC1)Cc1csc(N)n1. The molecule has 46 heavy (non-hydrogen) atoms. The number of nitrogens with two attached hydrogens (primary N) is 1. The minimum absolute atomic E-state index is 0.0161. The smallest absolute Gasteiger partial charge is 0.242 e. The Morgan fingerprint density at radius 1 is 1.07 bits per heavy atom. The van der Waals surface area contributed by atoms with E-state index in [1.165, 1.54) is 17.8 Å². The van der Waals surface area contributed by atoms with Crippen LogP contribution in [-0.4, -0.2) is 100 Å². The molecule has 0 aromatic carbocycles. The number of carbonyl (C=O) groups excluding carboxylic acids is 3. The van der Waals surface area contributed by atoms with Gasteiger partial charge in [-0.15, -0.1) is 11.3 Å². The Labute approximate surface area is 278 Å². The molecule has 1 saturated heterocycles. The number of nitrogen functional groups attached to an aromatic ring is 1. The van der Waals surface area contributed by atoms with Crippen LogP contribution in [0.25, 0.3) is 0 Å². The summed E-state index contributed by atoms with van der Waals surface area (Å²) < 4.78 is 5.41. The number of morpholine rings is 1. The number of aromatic nitrogens is 1. The van der Waals surface area contributed by atoms with Gasteiger partial charge in [-0.1, -0.05) is 58.8 Å². The van der Waals surface area contributed by atoms with Crippen molar-refractivity contribution in [2.45, 2.75) is 116 Å². The second-order valence-electron chi connectivity index (χ2n) is 14.2. The van der Waals surface area contributed by atoms with Crippen molar-refractivity contribution in [2.75, 3.05) is 45.1 Å². The molecular weight excluding hydrogens is 606 g/mol. The lowest BCUT2D eigenvalue weighted by molar-refractivity contribution is -0.144. The molecule has 3 fully saturated rings. The number of aliphatic hydroxyl groups is 2. The van der Waals surface area contributed by atoms with Gasteiger partial charge in [-0.25, -0.2) is 4.98 Å². The Bertz CT molecular complexity index is 1100. The van der Waals surface area contributed by atoms with Crippen LogP contribution in [0.4, 0.5) is 5.13 Å². The first-order chi connectivity index (χ1) is 22.1. The molecule has 3 aliphatic rings. The van der Waals surface area contributed by atoms with E-state index in [4.69, 9.17) is 10.5 Å². The Morgan fingerprint density at radius 3 is 2.35 bits per heavy atom. The van der Waals surface area contributed by atoms with Gasteiger partial charge >= 0.3 is 0 Å². The summed E-state index contributed by atoms with van der Waals surface area (Å²) in [6.07, 6.45) is 8.82. The zero-order valence-electron chi connectivity index (χ0n) is 27.9. The number of anilines is 1. The lowest BCUT2D eigenvalue weighted by atomic mass is 9.82. The summed E-state index contributed by atoms with van der Waals surface area (Å²) in [6, 6.07) is -0.639. The van der Waals surface area contributed by atoms with Crippen LogP contribution in [-0.2, 0) is 25.5 Å². The molecule has 1 aromatic rings. The molecule has 0 radical (unpaired) electrons. The van der Waals surface area contributed by atoms with Crippen LogP contribution in [0.15, 0.2) is 5.38 Å². The zero-order chi connectivity index (χ0) is 33.1. The summed E-state index contributed by atoms with van der Waals surface area (Å²) in [7, 11) is 0. The van der Waals surface area contributed by atoms with Crippen LogP contribution in [0.1, 0.15) is 96.6 Å². The molecule has 2 aliphatic carbocycles. The van der Waals surface area contributed by atoms with E-state index in [0.717, 1.165) is 51.4 Å². The molecule has 0 unspecified atom stereocenters. The fraction of sp³-hybridized carbons (Fsp3) is 0.824. The third-order valence-corrected chi connectivity index (χ3v) is 10.7. The topological polar surface area (TPSA) is 158 Å². The monoisotopic (exact) mass is 663 g/mol. The van der Waals surface area contributed by atoms with E-state index >= 15 is 0 Å². The molecular formula is C34H57N5O6S. The number of rotatable bonds is 16. The average molecular weight is 664 g/mol. The first-order valence-corrected chi connectivity index (χ1v) is 18.5. The molecule has 2 heterocycles. The first kappa shape index (κ1) is 36.6. The number of nitrogens with one attached hydrogen (secondary N) is 1. The summed E-state index contributed by atoms with van der Waals surface area (Å²) in [5, 5.41) is 27.5. The summed E-state index contributed by atoms with van der Waals surface area (Å²) in [4.78, 5) is 49.2. The molecule has 3 amide bonds. The van der Waals surface area contributed by atoms with Crippen molar-refractivity contribution in [3.8, 4) is 0 Å². The first-order valence-electron chi connectivity index (χ1n) is 17.6. The normalized spacial score (nSPS) is 20.8. The van der Waals surface area contributed by atoms with Gasteiger partial charge < -0.3 is 35.8 Å². The second-order valence-corrected chi connectivity index (χ2v) is 15.1. The Balaban J connectivity index is 1.52. The second kappa shape index (κ2) is 18.3. The van der Waals surface area contributed by atoms with Gasteiger partial charge in [0.1, 0.15) is 6.10 Å². The highest BCUT2D eigenvalue weighted by Crippen LogP contribution is 2.30. The number of thiazole rings is 1. The molecule has 11 nitrogen and oxygen atoms in total. The van der Waals surface area contributed by atoms with Gasteiger partial charge in [0.25, 0.3) is 0 Å². The van der Waals surface area contributed by atoms with Crippen LogP contribution >= 0.6 is 11.3 Å². The van der Waals surface area contributed by atoms with Crippen molar-refractivity contribution in [1.29, 1.82) is 0 Å². The van der Waals surface area contributed by atoms with Crippen molar-refractivity contribution in [2.24, 2.45) is 23.7 Å². The fourth-order valence-electron chi connectivity index (χ4n) is 7.36. The van der Waals surface area contributed by atoms with Crippen molar-refractivity contribution >= 4 is 34.2 Å². The predicted molar refractivity (Wildman–Crippen MR) is 179 cm³/mol. The molecule has 2 saturated carbocycles. The molecule has 260 valence electrons. The van der Waals surface area contributed by atoms with Crippen LogP contribution in [0, 0.1) is 23.7 Å². The maximum atomic E-state index is 14.1. The Morgan fingerprint density at radius 2 is 1.72 bits per heavy atom. The molecule has 0 spiro atoms. The number of nitrogens with zero attached hydrogens (tertiary/aromatic N) is 3. The van der Waals surface area contributed by atoms with E-state index in [9.17, 15) is 24.6 Å². The molecule has 4 atom stereocenters. The van der Waals surface area contributed by atoms with Crippen LogP contribution in [0.2, 0.25) is 0 Å². The van der Waals surface area contributed by atoms with Crippen LogP contribution < -0.4 is 11.1 Å². The number of ether oxygens (including phenoxy) is 1. The van der Waals surface area contributed by atoms with Crippen molar-refractivity contribution < 1.29 is 29.3 Å². The molecule has 1 aliphatic heterocycles. The van der Waals surface area contributed by atoms with E-state index in [2.05, 4.69) is 10.3 Å². The molecule has 0 bridgehead atoms. The summed E-state index contributed by atoms with van der Waals surface area (Å²) in [5.74, 6) is -0.587. The fourth-order valence-corrected chi connectivity index (χ4v) is 7.93. The highest BCUT2D eigenvalue weighted by Gasteiger charge is 2.35. The van der Waals surface area contributed by atoms with Gasteiger partial charge in [-0.3, -0.25) is 14.4 Å². The summed E-state index contributed by atoms with van der Waals surface area (Å²) in [6.45, 7) is 6.46. The summed E-state index contributed by atoms with van der Waals surface area (Å²) >= 11 is 1.29. The van der Waals surface area contributed by atoms with Gasteiger partial charge in [0.2, 0.25) is 17.7 Å².